The average molecular weight is 426 g/mol. The Bertz CT molecular complexity index is 982. The summed E-state index contributed by atoms with van der Waals surface area (Å²) >= 11 is 1.34. The molecule has 1 fully saturated rings. The van der Waals surface area contributed by atoms with Crippen LogP contribution >= 0.6 is 11.3 Å². The molecule has 0 unspecified atom stereocenters. The SMILES string of the molecule is Cc1ccc(CNC(=O)c2nnc(CN3CCN(c4ccc(F)cc4)CC3)s2)cc1. The van der Waals surface area contributed by atoms with E-state index in [-0.39, 0.29) is 11.7 Å². The van der Waals surface area contributed by atoms with Gasteiger partial charge in [-0.2, -0.15) is 0 Å². The van der Waals surface area contributed by atoms with Crippen LogP contribution in [0.1, 0.15) is 25.9 Å². The molecule has 0 spiro atoms. The third-order valence-corrected chi connectivity index (χ3v) is 6.06. The van der Waals surface area contributed by atoms with Gasteiger partial charge in [-0.1, -0.05) is 41.2 Å². The fraction of sp³-hybridized carbons (Fsp3) is 0.318. The van der Waals surface area contributed by atoms with Crippen LogP contribution in [0.4, 0.5) is 10.1 Å². The first-order chi connectivity index (χ1) is 14.6. The lowest BCUT2D eigenvalue weighted by Gasteiger charge is -2.35. The molecule has 4 rings (SSSR count). The Morgan fingerprint density at radius 3 is 2.43 bits per heavy atom. The molecule has 1 aliphatic heterocycles. The second kappa shape index (κ2) is 9.32. The number of hydrogen-bond acceptors (Lipinski definition) is 6. The van der Waals surface area contributed by atoms with Crippen molar-refractivity contribution in [3.05, 3.63) is 75.5 Å². The smallest absolute Gasteiger partial charge is 0.282 e. The van der Waals surface area contributed by atoms with Crippen molar-refractivity contribution in [1.29, 1.82) is 0 Å². The molecular formula is C22H24FN5OS. The number of carbonyl (C=O) groups excluding carboxylic acids is 1. The van der Waals surface area contributed by atoms with E-state index in [2.05, 4.69) is 25.3 Å². The van der Waals surface area contributed by atoms with Crippen LogP contribution in [0.15, 0.2) is 48.5 Å². The van der Waals surface area contributed by atoms with E-state index < -0.39 is 0 Å². The first kappa shape index (κ1) is 20.4. The third kappa shape index (κ3) is 5.20. The van der Waals surface area contributed by atoms with E-state index in [1.807, 2.05) is 43.3 Å². The van der Waals surface area contributed by atoms with Gasteiger partial charge in [0.2, 0.25) is 5.01 Å². The lowest BCUT2D eigenvalue weighted by atomic mass is 10.1. The second-order valence-electron chi connectivity index (χ2n) is 7.41. The topological polar surface area (TPSA) is 61.4 Å². The highest BCUT2D eigenvalue weighted by atomic mass is 32.1. The standard InChI is InChI=1S/C22H24FN5OS/c1-16-2-4-17(5-3-16)14-24-21(29)22-26-25-20(30-22)15-27-10-12-28(13-11-27)19-8-6-18(23)7-9-19/h2-9H,10-15H2,1H3,(H,24,29). The molecule has 2 heterocycles. The summed E-state index contributed by atoms with van der Waals surface area (Å²) in [4.78, 5) is 16.9. The van der Waals surface area contributed by atoms with Crippen LogP contribution in [-0.4, -0.2) is 47.2 Å². The molecule has 1 aromatic heterocycles. The largest absolute Gasteiger partial charge is 0.369 e. The molecule has 1 amide bonds. The van der Waals surface area contributed by atoms with Gasteiger partial charge in [-0.25, -0.2) is 4.39 Å². The number of aryl methyl sites for hydroxylation is 1. The van der Waals surface area contributed by atoms with Gasteiger partial charge in [-0.15, -0.1) is 10.2 Å². The van der Waals surface area contributed by atoms with Crippen molar-refractivity contribution < 1.29 is 9.18 Å². The Morgan fingerprint density at radius 2 is 1.73 bits per heavy atom. The molecule has 8 heteroatoms. The van der Waals surface area contributed by atoms with Crippen molar-refractivity contribution in [2.45, 2.75) is 20.0 Å². The second-order valence-corrected chi connectivity index (χ2v) is 8.47. The number of nitrogens with zero attached hydrogens (tertiary/aromatic N) is 4. The van der Waals surface area contributed by atoms with Crippen LogP contribution in [0.3, 0.4) is 0 Å². The predicted octanol–water partition coefficient (Wildman–Crippen LogP) is 3.24. The highest BCUT2D eigenvalue weighted by molar-refractivity contribution is 7.13. The van der Waals surface area contributed by atoms with Crippen molar-refractivity contribution in [1.82, 2.24) is 20.4 Å². The van der Waals surface area contributed by atoms with Gasteiger partial charge in [0.25, 0.3) is 5.91 Å². The lowest BCUT2D eigenvalue weighted by Crippen LogP contribution is -2.45. The molecule has 2 aromatic carbocycles. The number of hydrogen-bond donors (Lipinski definition) is 1. The minimum Gasteiger partial charge on any atom is -0.369 e. The average Bonchev–Trinajstić information content (AvgIpc) is 3.23. The van der Waals surface area contributed by atoms with Crippen molar-refractivity contribution in [3.63, 3.8) is 0 Å². The van der Waals surface area contributed by atoms with Gasteiger partial charge in [0, 0.05) is 38.4 Å². The highest BCUT2D eigenvalue weighted by Crippen LogP contribution is 2.19. The molecule has 1 saturated heterocycles. The van der Waals surface area contributed by atoms with Gasteiger partial charge in [0.05, 0.1) is 6.54 Å². The van der Waals surface area contributed by atoms with Crippen LogP contribution in [0.2, 0.25) is 0 Å². The number of carbonyl (C=O) groups is 1. The van der Waals surface area contributed by atoms with Crippen molar-refractivity contribution in [2.75, 3.05) is 31.1 Å². The first-order valence-electron chi connectivity index (χ1n) is 9.96. The number of piperazine rings is 1. The summed E-state index contributed by atoms with van der Waals surface area (Å²) < 4.78 is 13.1. The Kier molecular flexibility index (Phi) is 6.35. The van der Waals surface area contributed by atoms with Crippen LogP contribution in [-0.2, 0) is 13.1 Å². The molecule has 0 atom stereocenters. The van der Waals surface area contributed by atoms with E-state index in [0.29, 0.717) is 18.1 Å². The van der Waals surface area contributed by atoms with Crippen LogP contribution in [0.5, 0.6) is 0 Å². The summed E-state index contributed by atoms with van der Waals surface area (Å²) in [5.41, 5.74) is 3.29. The Hall–Kier alpha value is -2.84. The van der Waals surface area contributed by atoms with E-state index in [1.165, 1.54) is 29.0 Å². The molecule has 0 bridgehead atoms. The molecule has 1 N–H and O–H groups in total. The first-order valence-corrected chi connectivity index (χ1v) is 10.8. The molecule has 156 valence electrons. The van der Waals surface area contributed by atoms with Crippen LogP contribution in [0, 0.1) is 12.7 Å². The number of benzene rings is 2. The molecule has 0 aliphatic carbocycles. The molecule has 0 saturated carbocycles. The van der Waals surface area contributed by atoms with E-state index in [1.54, 1.807) is 0 Å². The summed E-state index contributed by atoms with van der Waals surface area (Å²) in [7, 11) is 0. The van der Waals surface area contributed by atoms with E-state index in [0.717, 1.165) is 42.4 Å². The zero-order chi connectivity index (χ0) is 20.9. The Morgan fingerprint density at radius 1 is 1.03 bits per heavy atom. The maximum absolute atomic E-state index is 13.1. The number of halogens is 1. The van der Waals surface area contributed by atoms with E-state index >= 15 is 0 Å². The monoisotopic (exact) mass is 425 g/mol. The minimum atomic E-state index is -0.215. The van der Waals surface area contributed by atoms with Gasteiger partial charge in [-0.05, 0) is 36.8 Å². The maximum atomic E-state index is 13.1. The Balaban J connectivity index is 1.26. The predicted molar refractivity (Wildman–Crippen MR) is 116 cm³/mol. The van der Waals surface area contributed by atoms with E-state index in [4.69, 9.17) is 0 Å². The highest BCUT2D eigenvalue weighted by Gasteiger charge is 2.20. The molecule has 6 nitrogen and oxygen atoms in total. The summed E-state index contributed by atoms with van der Waals surface area (Å²) in [6.07, 6.45) is 0. The summed E-state index contributed by atoms with van der Waals surface area (Å²) in [6, 6.07) is 14.7. The number of nitrogens with one attached hydrogen (secondary N) is 1. The summed E-state index contributed by atoms with van der Waals surface area (Å²) in [5.74, 6) is -0.409. The Labute approximate surface area is 179 Å². The minimum absolute atomic E-state index is 0.194. The molecular weight excluding hydrogens is 401 g/mol. The molecule has 3 aromatic rings. The van der Waals surface area contributed by atoms with Gasteiger partial charge in [-0.3, -0.25) is 9.69 Å². The maximum Gasteiger partial charge on any atom is 0.282 e. The number of anilines is 1. The lowest BCUT2D eigenvalue weighted by molar-refractivity contribution is 0.0950. The zero-order valence-corrected chi connectivity index (χ0v) is 17.7. The van der Waals surface area contributed by atoms with E-state index in [9.17, 15) is 9.18 Å². The molecule has 1 aliphatic rings. The van der Waals surface area contributed by atoms with Gasteiger partial charge in [0.15, 0.2) is 0 Å². The van der Waals surface area contributed by atoms with Gasteiger partial charge in [0.1, 0.15) is 10.8 Å². The van der Waals surface area contributed by atoms with Crippen LogP contribution in [0.25, 0.3) is 0 Å². The van der Waals surface area contributed by atoms with Gasteiger partial charge < -0.3 is 10.2 Å². The summed E-state index contributed by atoms with van der Waals surface area (Å²) in [6.45, 7) is 6.69. The fourth-order valence-corrected chi connectivity index (χ4v) is 4.18. The summed E-state index contributed by atoms with van der Waals surface area (Å²) in [5, 5.41) is 12.4. The molecule has 30 heavy (non-hydrogen) atoms. The quantitative estimate of drug-likeness (QED) is 0.657. The number of amides is 1. The van der Waals surface area contributed by atoms with Gasteiger partial charge >= 0.3 is 0 Å². The van der Waals surface area contributed by atoms with Crippen molar-refractivity contribution in [3.8, 4) is 0 Å². The molecule has 0 radical (unpaired) electrons. The third-order valence-electron chi connectivity index (χ3n) is 5.16. The zero-order valence-electron chi connectivity index (χ0n) is 16.8. The number of aromatic nitrogens is 2. The normalized spacial score (nSPS) is 14.7. The number of rotatable bonds is 6. The van der Waals surface area contributed by atoms with Crippen LogP contribution < -0.4 is 10.2 Å². The van der Waals surface area contributed by atoms with Crippen molar-refractivity contribution in [2.24, 2.45) is 0 Å². The fourth-order valence-electron chi connectivity index (χ4n) is 3.38. The van der Waals surface area contributed by atoms with Crippen molar-refractivity contribution >= 4 is 22.9 Å².